The van der Waals surface area contributed by atoms with E-state index in [0.29, 0.717) is 0 Å². The molecule has 0 aliphatic heterocycles. The summed E-state index contributed by atoms with van der Waals surface area (Å²) in [6.45, 7) is 5.93. The van der Waals surface area contributed by atoms with Crippen LogP contribution in [0.2, 0.25) is 0 Å². The summed E-state index contributed by atoms with van der Waals surface area (Å²) in [6, 6.07) is 6.03. The summed E-state index contributed by atoms with van der Waals surface area (Å²) >= 11 is 0. The molecule has 0 saturated heterocycles. The minimum atomic E-state index is 0. The van der Waals surface area contributed by atoms with Crippen molar-refractivity contribution in [2.24, 2.45) is 5.73 Å². The van der Waals surface area contributed by atoms with Gasteiger partial charge < -0.3 is 15.1 Å². The number of halogens is 1. The lowest BCUT2D eigenvalue weighted by Crippen LogP contribution is -2.29. The number of hydrogen-bond acceptors (Lipinski definition) is 3. The van der Waals surface area contributed by atoms with Crippen LogP contribution in [-0.2, 0) is 11.2 Å². The van der Waals surface area contributed by atoms with Gasteiger partial charge in [0.25, 0.3) is 0 Å². The first kappa shape index (κ1) is 16.5. The van der Waals surface area contributed by atoms with Gasteiger partial charge in [-0.3, -0.25) is 4.79 Å². The normalized spacial score (nSPS) is 12.2. The number of carbonyl (C=O) groups excluding carboxylic acids is 1. The van der Waals surface area contributed by atoms with E-state index in [0.717, 1.165) is 35.1 Å². The Kier molecular flexibility index (Phi) is 5.60. The van der Waals surface area contributed by atoms with E-state index in [1.165, 1.54) is 0 Å². The molecule has 0 saturated carbocycles. The number of amides is 1. The van der Waals surface area contributed by atoms with Crippen molar-refractivity contribution < 1.29 is 9.21 Å². The summed E-state index contributed by atoms with van der Waals surface area (Å²) in [7, 11) is 0. The molecule has 0 fully saturated rings. The maximum absolute atomic E-state index is 11.2. The molecule has 0 spiro atoms. The second kappa shape index (κ2) is 6.77. The second-order valence-electron chi connectivity index (χ2n) is 5.23. The second-order valence-corrected chi connectivity index (χ2v) is 5.23. The molecule has 0 aliphatic carbocycles. The average Bonchev–Trinajstić information content (AvgIpc) is 2.77. The highest BCUT2D eigenvalue weighted by Crippen LogP contribution is 2.28. The Balaban J connectivity index is 0.00000200. The SMILES string of the molecule is CC(N)Cc1cc(N(C=O)C(C)C)cc2ccoc12.Cl. The minimum absolute atomic E-state index is 0. The van der Waals surface area contributed by atoms with Crippen LogP contribution in [0.25, 0.3) is 11.0 Å². The fourth-order valence-corrected chi connectivity index (χ4v) is 2.27. The number of nitrogens with two attached hydrogens (primary N) is 1. The van der Waals surface area contributed by atoms with Gasteiger partial charge in [0.15, 0.2) is 0 Å². The van der Waals surface area contributed by atoms with Crippen molar-refractivity contribution >= 4 is 35.5 Å². The molecular formula is C15H21ClN2O2. The number of rotatable bonds is 5. The Labute approximate surface area is 125 Å². The van der Waals surface area contributed by atoms with E-state index in [9.17, 15) is 4.79 Å². The Morgan fingerprint density at radius 3 is 2.60 bits per heavy atom. The van der Waals surface area contributed by atoms with Crippen LogP contribution < -0.4 is 10.6 Å². The van der Waals surface area contributed by atoms with E-state index >= 15 is 0 Å². The maximum Gasteiger partial charge on any atom is 0.214 e. The zero-order valence-corrected chi connectivity index (χ0v) is 12.8. The van der Waals surface area contributed by atoms with Crippen LogP contribution in [0.4, 0.5) is 5.69 Å². The molecule has 5 heteroatoms. The molecule has 2 rings (SSSR count). The Morgan fingerprint density at radius 1 is 1.35 bits per heavy atom. The lowest BCUT2D eigenvalue weighted by Gasteiger charge is -2.22. The number of anilines is 1. The molecule has 0 bridgehead atoms. The van der Waals surface area contributed by atoms with Crippen LogP contribution in [-0.4, -0.2) is 18.5 Å². The summed E-state index contributed by atoms with van der Waals surface area (Å²) in [5.41, 5.74) is 8.66. The number of fused-ring (bicyclic) bond motifs is 1. The molecule has 0 radical (unpaired) electrons. The zero-order chi connectivity index (χ0) is 14.0. The van der Waals surface area contributed by atoms with E-state index in [1.54, 1.807) is 11.2 Å². The van der Waals surface area contributed by atoms with E-state index < -0.39 is 0 Å². The number of benzene rings is 1. The molecule has 110 valence electrons. The van der Waals surface area contributed by atoms with Crippen molar-refractivity contribution in [3.05, 3.63) is 30.0 Å². The van der Waals surface area contributed by atoms with Gasteiger partial charge in [-0.2, -0.15) is 0 Å². The minimum Gasteiger partial charge on any atom is -0.464 e. The molecule has 1 aromatic heterocycles. The van der Waals surface area contributed by atoms with Gasteiger partial charge in [0.1, 0.15) is 5.58 Å². The van der Waals surface area contributed by atoms with Crippen LogP contribution in [0.3, 0.4) is 0 Å². The van der Waals surface area contributed by atoms with Crippen molar-refractivity contribution in [2.45, 2.75) is 39.3 Å². The number of nitrogens with zero attached hydrogens (tertiary/aromatic N) is 1. The van der Waals surface area contributed by atoms with Crippen LogP contribution >= 0.6 is 12.4 Å². The van der Waals surface area contributed by atoms with E-state index in [1.807, 2.05) is 39.0 Å². The van der Waals surface area contributed by atoms with Gasteiger partial charge in [-0.05, 0) is 51.0 Å². The summed E-state index contributed by atoms with van der Waals surface area (Å²) in [4.78, 5) is 12.9. The van der Waals surface area contributed by atoms with Crippen LogP contribution in [0, 0.1) is 0 Å². The molecule has 2 N–H and O–H groups in total. The predicted octanol–water partition coefficient (Wildman–Crippen LogP) is 3.12. The van der Waals surface area contributed by atoms with Crippen molar-refractivity contribution in [1.82, 2.24) is 0 Å². The molecular weight excluding hydrogens is 276 g/mol. The summed E-state index contributed by atoms with van der Waals surface area (Å²) in [6.07, 6.45) is 3.25. The first-order valence-electron chi connectivity index (χ1n) is 6.52. The molecule has 2 aromatic rings. The molecule has 1 unspecified atom stereocenters. The Bertz CT molecular complexity index is 578. The van der Waals surface area contributed by atoms with Crippen LogP contribution in [0.15, 0.2) is 28.9 Å². The average molecular weight is 297 g/mol. The molecule has 1 amide bonds. The molecule has 0 aliphatic rings. The monoisotopic (exact) mass is 296 g/mol. The van der Waals surface area contributed by atoms with E-state index in [-0.39, 0.29) is 24.5 Å². The van der Waals surface area contributed by atoms with Crippen LogP contribution in [0.5, 0.6) is 0 Å². The largest absolute Gasteiger partial charge is 0.464 e. The summed E-state index contributed by atoms with van der Waals surface area (Å²) in [5.74, 6) is 0. The zero-order valence-electron chi connectivity index (χ0n) is 12.0. The number of hydrogen-bond donors (Lipinski definition) is 1. The third kappa shape index (κ3) is 3.32. The van der Waals surface area contributed by atoms with Gasteiger partial charge in [0.2, 0.25) is 6.41 Å². The quantitative estimate of drug-likeness (QED) is 0.862. The van der Waals surface area contributed by atoms with Gasteiger partial charge in [0.05, 0.1) is 6.26 Å². The highest BCUT2D eigenvalue weighted by molar-refractivity contribution is 5.88. The van der Waals surface area contributed by atoms with E-state index in [4.69, 9.17) is 10.2 Å². The van der Waals surface area contributed by atoms with Crippen molar-refractivity contribution in [3.8, 4) is 0 Å². The molecule has 1 heterocycles. The molecule has 20 heavy (non-hydrogen) atoms. The third-order valence-corrected chi connectivity index (χ3v) is 3.12. The third-order valence-electron chi connectivity index (χ3n) is 3.12. The maximum atomic E-state index is 11.2. The lowest BCUT2D eigenvalue weighted by molar-refractivity contribution is -0.107. The molecule has 1 atom stereocenters. The smallest absolute Gasteiger partial charge is 0.214 e. The first-order chi connectivity index (χ1) is 9.02. The van der Waals surface area contributed by atoms with Crippen molar-refractivity contribution in [1.29, 1.82) is 0 Å². The number of furan rings is 1. The topological polar surface area (TPSA) is 59.5 Å². The fraction of sp³-hybridized carbons (Fsp3) is 0.400. The fourth-order valence-electron chi connectivity index (χ4n) is 2.27. The first-order valence-corrected chi connectivity index (χ1v) is 6.52. The highest BCUT2D eigenvalue weighted by Gasteiger charge is 2.14. The molecule has 4 nitrogen and oxygen atoms in total. The van der Waals surface area contributed by atoms with Gasteiger partial charge in [-0.15, -0.1) is 12.4 Å². The standard InChI is InChI=1S/C15H20N2O2.ClH/c1-10(2)17(9-18)14-7-12-4-5-19-15(12)13(8-14)6-11(3)16;/h4-5,7-11H,6,16H2,1-3H3;1H. The van der Waals surface area contributed by atoms with Crippen molar-refractivity contribution in [2.75, 3.05) is 4.90 Å². The van der Waals surface area contributed by atoms with Crippen molar-refractivity contribution in [3.63, 3.8) is 0 Å². The Morgan fingerprint density at radius 2 is 2.05 bits per heavy atom. The predicted molar refractivity (Wildman–Crippen MR) is 84.5 cm³/mol. The lowest BCUT2D eigenvalue weighted by atomic mass is 10.0. The highest BCUT2D eigenvalue weighted by atomic mass is 35.5. The van der Waals surface area contributed by atoms with Gasteiger partial charge in [-0.25, -0.2) is 0 Å². The summed E-state index contributed by atoms with van der Waals surface area (Å²) in [5, 5.41) is 1.00. The number of carbonyl (C=O) groups is 1. The van der Waals surface area contributed by atoms with Crippen LogP contribution in [0.1, 0.15) is 26.3 Å². The Hall–Kier alpha value is -1.52. The van der Waals surface area contributed by atoms with E-state index in [2.05, 4.69) is 0 Å². The van der Waals surface area contributed by atoms with Gasteiger partial charge in [0, 0.05) is 23.2 Å². The molecule has 1 aromatic carbocycles. The van der Waals surface area contributed by atoms with Gasteiger partial charge >= 0.3 is 0 Å². The summed E-state index contributed by atoms with van der Waals surface area (Å²) < 4.78 is 5.52. The van der Waals surface area contributed by atoms with Gasteiger partial charge in [-0.1, -0.05) is 0 Å².